The molecule has 2 aromatic rings. The van der Waals surface area contributed by atoms with Gasteiger partial charge in [-0.15, -0.1) is 0 Å². The summed E-state index contributed by atoms with van der Waals surface area (Å²) < 4.78 is 0. The van der Waals surface area contributed by atoms with Gasteiger partial charge in [-0.1, -0.05) is 38.1 Å². The molecule has 19 heavy (non-hydrogen) atoms. The highest BCUT2D eigenvalue weighted by Crippen LogP contribution is 2.15. The van der Waals surface area contributed by atoms with E-state index in [4.69, 9.17) is 0 Å². The highest BCUT2D eigenvalue weighted by molar-refractivity contribution is 6.06. The molecule has 0 radical (unpaired) electrons. The van der Waals surface area contributed by atoms with Crippen LogP contribution in [0, 0.1) is 5.92 Å². The minimum atomic E-state index is -0.314. The van der Waals surface area contributed by atoms with E-state index in [1.54, 1.807) is 6.20 Å². The average molecular weight is 256 g/mol. The number of nitrogens with zero attached hydrogens (tertiary/aromatic N) is 1. The smallest absolute Gasteiger partial charge is 0.270 e. The molecule has 1 N–H and O–H groups in total. The van der Waals surface area contributed by atoms with Crippen LogP contribution in [0.2, 0.25) is 0 Å². The molecule has 0 spiro atoms. The van der Waals surface area contributed by atoms with Gasteiger partial charge in [0.15, 0.2) is 5.78 Å². The molecule has 1 aromatic carbocycles. The molecule has 1 heterocycles. The van der Waals surface area contributed by atoms with Gasteiger partial charge in [-0.25, -0.2) is 0 Å². The average Bonchev–Trinajstić information content (AvgIpc) is 2.43. The number of carbonyl (C=O) groups excluding carboxylic acids is 2. The summed E-state index contributed by atoms with van der Waals surface area (Å²) in [5, 5.41) is 4.37. The fourth-order valence-corrected chi connectivity index (χ4v) is 1.76. The van der Waals surface area contributed by atoms with Crippen LogP contribution in [-0.4, -0.2) is 23.2 Å². The highest BCUT2D eigenvalue weighted by atomic mass is 16.2. The number of Topliss-reactive ketones (excluding diaryl/α,β-unsaturated/α-hetero) is 1. The quantitative estimate of drug-likeness (QED) is 0.912. The number of carbonyl (C=O) groups is 2. The van der Waals surface area contributed by atoms with Crippen LogP contribution in [0.4, 0.5) is 0 Å². The van der Waals surface area contributed by atoms with Crippen LogP contribution in [0.25, 0.3) is 10.8 Å². The molecular formula is C15H16N2O2. The van der Waals surface area contributed by atoms with Gasteiger partial charge in [0.2, 0.25) is 0 Å². The molecule has 0 fully saturated rings. The van der Waals surface area contributed by atoms with Crippen molar-refractivity contribution in [3.05, 3.63) is 42.2 Å². The molecule has 0 aliphatic carbocycles. The molecule has 2 rings (SSSR count). The minimum Gasteiger partial charge on any atom is -0.344 e. The van der Waals surface area contributed by atoms with Gasteiger partial charge >= 0.3 is 0 Å². The molecule has 4 heteroatoms. The molecule has 98 valence electrons. The SMILES string of the molecule is CC(C)C(=O)CNC(=O)c1nccc2ccccc12. The highest BCUT2D eigenvalue weighted by Gasteiger charge is 2.13. The second-order valence-electron chi connectivity index (χ2n) is 4.68. The molecular weight excluding hydrogens is 240 g/mol. The van der Waals surface area contributed by atoms with Gasteiger partial charge in [-0.3, -0.25) is 14.6 Å². The monoisotopic (exact) mass is 256 g/mol. The number of pyridine rings is 1. The lowest BCUT2D eigenvalue weighted by Gasteiger charge is -2.08. The van der Waals surface area contributed by atoms with Gasteiger partial charge in [0, 0.05) is 17.5 Å². The van der Waals surface area contributed by atoms with Gasteiger partial charge in [-0.05, 0) is 11.5 Å². The van der Waals surface area contributed by atoms with E-state index in [0.717, 1.165) is 10.8 Å². The van der Waals surface area contributed by atoms with Crippen molar-refractivity contribution >= 4 is 22.5 Å². The fourth-order valence-electron chi connectivity index (χ4n) is 1.76. The van der Waals surface area contributed by atoms with Gasteiger partial charge in [0.05, 0.1) is 6.54 Å². The molecule has 1 aromatic heterocycles. The van der Waals surface area contributed by atoms with E-state index in [9.17, 15) is 9.59 Å². The van der Waals surface area contributed by atoms with Crippen molar-refractivity contribution in [2.75, 3.05) is 6.54 Å². The number of ketones is 1. The standard InChI is InChI=1S/C15H16N2O2/c1-10(2)13(18)9-17-15(19)14-12-6-4-3-5-11(12)7-8-16-14/h3-8,10H,9H2,1-2H3,(H,17,19). The van der Waals surface area contributed by atoms with E-state index in [1.807, 2.05) is 44.2 Å². The van der Waals surface area contributed by atoms with E-state index in [2.05, 4.69) is 10.3 Å². The Balaban J connectivity index is 2.20. The van der Waals surface area contributed by atoms with Crippen LogP contribution in [0.15, 0.2) is 36.5 Å². The lowest BCUT2D eigenvalue weighted by atomic mass is 10.1. The summed E-state index contributed by atoms with van der Waals surface area (Å²) in [5.41, 5.74) is 0.356. The topological polar surface area (TPSA) is 59.1 Å². The number of amides is 1. The summed E-state index contributed by atoms with van der Waals surface area (Å²) in [6, 6.07) is 9.40. The van der Waals surface area contributed by atoms with Crippen molar-refractivity contribution in [2.45, 2.75) is 13.8 Å². The largest absolute Gasteiger partial charge is 0.344 e. The number of fused-ring (bicyclic) bond motifs is 1. The zero-order valence-electron chi connectivity index (χ0n) is 11.0. The van der Waals surface area contributed by atoms with E-state index < -0.39 is 0 Å². The first kappa shape index (κ1) is 13.2. The molecule has 0 aliphatic rings. The number of benzene rings is 1. The first-order valence-corrected chi connectivity index (χ1v) is 6.24. The van der Waals surface area contributed by atoms with Crippen molar-refractivity contribution in [3.8, 4) is 0 Å². The maximum absolute atomic E-state index is 12.1. The second-order valence-corrected chi connectivity index (χ2v) is 4.68. The van der Waals surface area contributed by atoms with E-state index in [0.29, 0.717) is 5.69 Å². The summed E-state index contributed by atoms with van der Waals surface area (Å²) >= 11 is 0. The predicted molar refractivity (Wildman–Crippen MR) is 73.9 cm³/mol. The van der Waals surface area contributed by atoms with E-state index in [1.165, 1.54) is 0 Å². The lowest BCUT2D eigenvalue weighted by Crippen LogP contribution is -2.32. The Labute approximate surface area is 111 Å². The van der Waals surface area contributed by atoms with Crippen LogP contribution in [0.3, 0.4) is 0 Å². The molecule has 1 amide bonds. The minimum absolute atomic E-state index is 0.00795. The van der Waals surface area contributed by atoms with Crippen LogP contribution in [-0.2, 0) is 4.79 Å². The first-order chi connectivity index (χ1) is 9.09. The van der Waals surface area contributed by atoms with Crippen LogP contribution >= 0.6 is 0 Å². The molecule has 4 nitrogen and oxygen atoms in total. The Bertz CT molecular complexity index is 615. The molecule has 0 saturated carbocycles. The third-order valence-corrected chi connectivity index (χ3v) is 2.96. The molecule has 0 saturated heterocycles. The van der Waals surface area contributed by atoms with Crippen molar-refractivity contribution in [1.29, 1.82) is 0 Å². The van der Waals surface area contributed by atoms with Crippen molar-refractivity contribution in [1.82, 2.24) is 10.3 Å². The maximum Gasteiger partial charge on any atom is 0.270 e. The molecule has 0 unspecified atom stereocenters. The molecule has 0 atom stereocenters. The Kier molecular flexibility index (Phi) is 3.90. The van der Waals surface area contributed by atoms with Gasteiger partial charge in [-0.2, -0.15) is 0 Å². The summed E-state index contributed by atoms with van der Waals surface area (Å²) in [5.74, 6) is -0.389. The van der Waals surface area contributed by atoms with E-state index >= 15 is 0 Å². The Morgan fingerprint density at radius 2 is 1.95 bits per heavy atom. The summed E-state index contributed by atoms with van der Waals surface area (Å²) in [6.45, 7) is 3.66. The van der Waals surface area contributed by atoms with E-state index in [-0.39, 0.29) is 24.2 Å². The third kappa shape index (κ3) is 2.96. The summed E-state index contributed by atoms with van der Waals surface area (Å²) in [7, 11) is 0. The third-order valence-electron chi connectivity index (χ3n) is 2.96. The Morgan fingerprint density at radius 3 is 2.68 bits per heavy atom. The Morgan fingerprint density at radius 1 is 1.21 bits per heavy atom. The molecule has 0 aliphatic heterocycles. The fraction of sp³-hybridized carbons (Fsp3) is 0.267. The lowest BCUT2D eigenvalue weighted by molar-refractivity contribution is -0.120. The number of aromatic nitrogens is 1. The number of hydrogen-bond acceptors (Lipinski definition) is 3. The van der Waals surface area contributed by atoms with Crippen LogP contribution in [0.5, 0.6) is 0 Å². The van der Waals surface area contributed by atoms with Crippen molar-refractivity contribution in [2.24, 2.45) is 5.92 Å². The summed E-state index contributed by atoms with van der Waals surface area (Å²) in [4.78, 5) is 27.7. The molecule has 0 bridgehead atoms. The van der Waals surface area contributed by atoms with Gasteiger partial charge < -0.3 is 5.32 Å². The second kappa shape index (κ2) is 5.61. The zero-order chi connectivity index (χ0) is 13.8. The van der Waals surface area contributed by atoms with Crippen LogP contribution in [0.1, 0.15) is 24.3 Å². The Hall–Kier alpha value is -2.23. The zero-order valence-corrected chi connectivity index (χ0v) is 11.0. The van der Waals surface area contributed by atoms with Crippen LogP contribution < -0.4 is 5.32 Å². The number of rotatable bonds is 4. The van der Waals surface area contributed by atoms with Crippen molar-refractivity contribution in [3.63, 3.8) is 0 Å². The summed E-state index contributed by atoms with van der Waals surface area (Å²) in [6.07, 6.45) is 1.60. The maximum atomic E-state index is 12.1. The first-order valence-electron chi connectivity index (χ1n) is 6.24. The normalized spacial score (nSPS) is 10.7. The van der Waals surface area contributed by atoms with Gasteiger partial charge in [0.1, 0.15) is 5.69 Å². The number of nitrogens with one attached hydrogen (secondary N) is 1. The predicted octanol–water partition coefficient (Wildman–Crippen LogP) is 2.19. The van der Waals surface area contributed by atoms with Gasteiger partial charge in [0.25, 0.3) is 5.91 Å². The van der Waals surface area contributed by atoms with Crippen molar-refractivity contribution < 1.29 is 9.59 Å². The number of hydrogen-bond donors (Lipinski definition) is 1.